The van der Waals surface area contributed by atoms with Gasteiger partial charge in [-0.05, 0) is 28.1 Å². The van der Waals surface area contributed by atoms with Gasteiger partial charge in [-0.25, -0.2) is 0 Å². The van der Waals surface area contributed by atoms with Crippen molar-refractivity contribution in [1.82, 2.24) is 0 Å². The second-order valence-electron chi connectivity index (χ2n) is 5.82. The zero-order valence-corrected chi connectivity index (χ0v) is 15.6. The Kier molecular flexibility index (Phi) is 4.46. The van der Waals surface area contributed by atoms with Crippen molar-refractivity contribution in [1.29, 1.82) is 0 Å². The molecule has 0 spiro atoms. The fraction of sp³-hybridized carbons (Fsp3) is 0.211. The standard InChI is InChI=1S/C19H16BrNO5/c1-23-12-2-3-13-11(10-26-16(13)7-12)6-19(22)21-15-9-18-17(8-14(15)20)24-4-5-25-18/h2-3,7-10H,4-6H2,1H3,(H,21,22). The maximum absolute atomic E-state index is 12.5. The summed E-state index contributed by atoms with van der Waals surface area (Å²) in [5, 5.41) is 3.79. The molecule has 1 aliphatic heterocycles. The first-order valence-electron chi connectivity index (χ1n) is 8.07. The molecule has 0 unspecified atom stereocenters. The van der Waals surface area contributed by atoms with E-state index in [4.69, 9.17) is 18.6 Å². The van der Waals surface area contributed by atoms with Gasteiger partial charge in [-0.15, -0.1) is 0 Å². The van der Waals surface area contributed by atoms with Crippen LogP contribution in [0.15, 0.2) is 45.5 Å². The quantitative estimate of drug-likeness (QED) is 0.689. The molecule has 0 fully saturated rings. The average Bonchev–Trinajstić information content (AvgIpc) is 3.04. The van der Waals surface area contributed by atoms with Gasteiger partial charge >= 0.3 is 0 Å². The first-order chi connectivity index (χ1) is 12.6. The van der Waals surface area contributed by atoms with Crippen LogP contribution in [0.25, 0.3) is 11.0 Å². The van der Waals surface area contributed by atoms with Gasteiger partial charge in [-0.1, -0.05) is 0 Å². The molecule has 134 valence electrons. The highest BCUT2D eigenvalue weighted by Crippen LogP contribution is 2.38. The van der Waals surface area contributed by atoms with Gasteiger partial charge in [0.1, 0.15) is 24.5 Å². The third-order valence-electron chi connectivity index (χ3n) is 4.12. The number of benzene rings is 2. The van der Waals surface area contributed by atoms with E-state index in [1.165, 1.54) is 0 Å². The van der Waals surface area contributed by atoms with Crippen molar-refractivity contribution in [2.75, 3.05) is 25.6 Å². The minimum absolute atomic E-state index is 0.152. The molecule has 1 N–H and O–H groups in total. The lowest BCUT2D eigenvalue weighted by molar-refractivity contribution is -0.115. The van der Waals surface area contributed by atoms with Gasteiger partial charge in [0.05, 0.1) is 25.5 Å². The minimum atomic E-state index is -0.152. The van der Waals surface area contributed by atoms with E-state index in [1.807, 2.05) is 12.1 Å². The maximum Gasteiger partial charge on any atom is 0.228 e. The summed E-state index contributed by atoms with van der Waals surface area (Å²) in [6, 6.07) is 9.09. The molecule has 0 saturated carbocycles. The lowest BCUT2D eigenvalue weighted by Crippen LogP contribution is -2.17. The molecular formula is C19H16BrNO5. The summed E-state index contributed by atoms with van der Waals surface area (Å²) in [7, 11) is 1.60. The van der Waals surface area contributed by atoms with E-state index >= 15 is 0 Å². The predicted octanol–water partition coefficient (Wildman–Crippen LogP) is 4.16. The van der Waals surface area contributed by atoms with E-state index in [2.05, 4.69) is 21.2 Å². The van der Waals surface area contributed by atoms with Crippen LogP contribution in [0.2, 0.25) is 0 Å². The van der Waals surface area contributed by atoms with Gasteiger partial charge in [0.2, 0.25) is 5.91 Å². The van der Waals surface area contributed by atoms with Crippen molar-refractivity contribution in [2.24, 2.45) is 0 Å². The molecule has 3 aromatic rings. The highest BCUT2D eigenvalue weighted by molar-refractivity contribution is 9.10. The summed E-state index contributed by atoms with van der Waals surface area (Å²) in [5.74, 6) is 1.84. The van der Waals surface area contributed by atoms with E-state index in [0.29, 0.717) is 41.7 Å². The first kappa shape index (κ1) is 16.8. The summed E-state index contributed by atoms with van der Waals surface area (Å²) in [4.78, 5) is 12.5. The van der Waals surface area contributed by atoms with E-state index in [9.17, 15) is 4.79 Å². The fourth-order valence-electron chi connectivity index (χ4n) is 2.85. The number of halogens is 1. The Labute approximate surface area is 158 Å². The topological polar surface area (TPSA) is 69.9 Å². The Hall–Kier alpha value is -2.67. The van der Waals surface area contributed by atoms with Crippen molar-refractivity contribution in [2.45, 2.75) is 6.42 Å². The average molecular weight is 418 g/mol. The molecule has 26 heavy (non-hydrogen) atoms. The van der Waals surface area contributed by atoms with Crippen LogP contribution < -0.4 is 19.5 Å². The molecule has 1 aromatic heterocycles. The van der Waals surface area contributed by atoms with Gasteiger partial charge < -0.3 is 23.9 Å². The smallest absolute Gasteiger partial charge is 0.228 e. The number of rotatable bonds is 4. The van der Waals surface area contributed by atoms with Crippen LogP contribution in [0.1, 0.15) is 5.56 Å². The number of hydrogen-bond donors (Lipinski definition) is 1. The summed E-state index contributed by atoms with van der Waals surface area (Å²) in [5.41, 5.74) is 2.13. The Balaban J connectivity index is 1.52. The number of amides is 1. The van der Waals surface area contributed by atoms with Crippen LogP contribution in [0.5, 0.6) is 17.2 Å². The summed E-state index contributed by atoms with van der Waals surface area (Å²) in [6.07, 6.45) is 1.79. The predicted molar refractivity (Wildman–Crippen MR) is 100 cm³/mol. The molecule has 4 rings (SSSR count). The monoisotopic (exact) mass is 417 g/mol. The number of carbonyl (C=O) groups excluding carboxylic acids is 1. The van der Waals surface area contributed by atoms with E-state index < -0.39 is 0 Å². The highest BCUT2D eigenvalue weighted by Gasteiger charge is 2.17. The van der Waals surface area contributed by atoms with Gasteiger partial charge in [-0.3, -0.25) is 4.79 Å². The number of furan rings is 1. The molecule has 0 aliphatic carbocycles. The van der Waals surface area contributed by atoms with Crippen molar-refractivity contribution in [3.63, 3.8) is 0 Å². The minimum Gasteiger partial charge on any atom is -0.497 e. The number of anilines is 1. The Morgan fingerprint density at radius 3 is 2.73 bits per heavy atom. The second-order valence-corrected chi connectivity index (χ2v) is 6.68. The van der Waals surface area contributed by atoms with Crippen molar-refractivity contribution in [3.05, 3.63) is 46.6 Å². The Morgan fingerprint density at radius 2 is 1.96 bits per heavy atom. The lowest BCUT2D eigenvalue weighted by atomic mass is 10.1. The van der Waals surface area contributed by atoms with Crippen molar-refractivity contribution < 1.29 is 23.4 Å². The number of fused-ring (bicyclic) bond motifs is 2. The van der Waals surface area contributed by atoms with Gasteiger partial charge in [-0.2, -0.15) is 0 Å². The molecule has 0 bridgehead atoms. The lowest BCUT2D eigenvalue weighted by Gasteiger charge is -2.20. The largest absolute Gasteiger partial charge is 0.497 e. The van der Waals surface area contributed by atoms with E-state index in [1.54, 1.807) is 31.6 Å². The van der Waals surface area contributed by atoms with E-state index in [-0.39, 0.29) is 12.3 Å². The van der Waals surface area contributed by atoms with Crippen molar-refractivity contribution >= 4 is 38.5 Å². The normalized spacial score (nSPS) is 12.8. The molecule has 2 heterocycles. The highest BCUT2D eigenvalue weighted by atomic mass is 79.9. The number of carbonyl (C=O) groups is 1. The van der Waals surface area contributed by atoms with Crippen LogP contribution in [-0.2, 0) is 11.2 Å². The molecule has 7 heteroatoms. The summed E-state index contributed by atoms with van der Waals surface area (Å²) < 4.78 is 22.5. The second kappa shape index (κ2) is 6.92. The van der Waals surface area contributed by atoms with Crippen LogP contribution in [-0.4, -0.2) is 26.2 Å². The molecule has 0 atom stereocenters. The number of hydrogen-bond acceptors (Lipinski definition) is 5. The first-order valence-corrected chi connectivity index (χ1v) is 8.86. The van der Waals surface area contributed by atoms with Crippen LogP contribution in [0, 0.1) is 0 Å². The van der Waals surface area contributed by atoms with Gasteiger partial charge in [0.25, 0.3) is 0 Å². The third kappa shape index (κ3) is 3.22. The molecule has 1 aliphatic rings. The maximum atomic E-state index is 12.5. The number of nitrogens with one attached hydrogen (secondary N) is 1. The number of methoxy groups -OCH3 is 1. The molecule has 2 aromatic carbocycles. The molecule has 1 amide bonds. The zero-order valence-electron chi connectivity index (χ0n) is 14.0. The summed E-state index contributed by atoms with van der Waals surface area (Å²) >= 11 is 3.45. The third-order valence-corrected chi connectivity index (χ3v) is 4.78. The zero-order chi connectivity index (χ0) is 18.1. The Bertz CT molecular complexity index is 981. The van der Waals surface area contributed by atoms with Gasteiger partial charge in [0, 0.05) is 33.6 Å². The Morgan fingerprint density at radius 1 is 1.19 bits per heavy atom. The SMILES string of the molecule is COc1ccc2c(CC(=O)Nc3cc4c(cc3Br)OCCO4)coc2c1. The van der Waals surface area contributed by atoms with Crippen LogP contribution in [0.4, 0.5) is 5.69 Å². The van der Waals surface area contributed by atoms with Crippen LogP contribution in [0.3, 0.4) is 0 Å². The molecular weight excluding hydrogens is 402 g/mol. The fourth-order valence-corrected chi connectivity index (χ4v) is 3.28. The molecule has 0 saturated heterocycles. The molecule has 6 nitrogen and oxygen atoms in total. The van der Waals surface area contributed by atoms with Gasteiger partial charge in [0.15, 0.2) is 11.5 Å². The number of ether oxygens (including phenoxy) is 3. The van der Waals surface area contributed by atoms with E-state index in [0.717, 1.165) is 15.4 Å². The summed E-state index contributed by atoms with van der Waals surface area (Å²) in [6.45, 7) is 1.01. The van der Waals surface area contributed by atoms with Crippen molar-refractivity contribution in [3.8, 4) is 17.2 Å². The van der Waals surface area contributed by atoms with Crippen LogP contribution >= 0.6 is 15.9 Å². The molecule has 0 radical (unpaired) electrons.